The average molecular weight is 443 g/mol. The number of aromatic nitrogens is 2. The summed E-state index contributed by atoms with van der Waals surface area (Å²) in [6.07, 6.45) is 3.77. The second-order valence-electron chi connectivity index (χ2n) is 5.30. The SMILES string of the molecule is I.NC(=NCc1cccc(Cn2cccn2)c1)N1CCSCC1. The molecule has 2 heterocycles. The highest BCUT2D eigenvalue weighted by Crippen LogP contribution is 2.11. The van der Waals surface area contributed by atoms with Gasteiger partial charge in [0, 0.05) is 37.0 Å². The number of hydrogen-bond donors (Lipinski definition) is 1. The number of guanidine groups is 1. The van der Waals surface area contributed by atoms with Gasteiger partial charge in [-0.1, -0.05) is 24.3 Å². The Balaban J connectivity index is 0.00000192. The van der Waals surface area contributed by atoms with Crippen molar-refractivity contribution in [3.05, 3.63) is 53.9 Å². The van der Waals surface area contributed by atoms with E-state index >= 15 is 0 Å². The van der Waals surface area contributed by atoms with E-state index in [1.807, 2.05) is 28.7 Å². The highest BCUT2D eigenvalue weighted by Gasteiger charge is 2.11. The Kier molecular flexibility index (Phi) is 7.22. The molecule has 0 atom stereocenters. The molecule has 0 amide bonds. The van der Waals surface area contributed by atoms with E-state index in [4.69, 9.17) is 5.73 Å². The number of hydrogen-bond acceptors (Lipinski definition) is 3. The number of benzene rings is 1. The molecule has 0 unspecified atom stereocenters. The third-order valence-corrected chi connectivity index (χ3v) is 4.60. The molecule has 1 saturated heterocycles. The first kappa shape index (κ1) is 18.1. The van der Waals surface area contributed by atoms with E-state index in [-0.39, 0.29) is 24.0 Å². The number of aliphatic imine (C=N–C) groups is 1. The maximum absolute atomic E-state index is 6.10. The summed E-state index contributed by atoms with van der Waals surface area (Å²) < 4.78 is 1.92. The van der Waals surface area contributed by atoms with Gasteiger partial charge in [-0.15, -0.1) is 24.0 Å². The maximum Gasteiger partial charge on any atom is 0.191 e. The lowest BCUT2D eigenvalue weighted by molar-refractivity contribution is 0.455. The first-order valence-electron chi connectivity index (χ1n) is 7.49. The minimum absolute atomic E-state index is 0. The molecule has 7 heteroatoms. The summed E-state index contributed by atoms with van der Waals surface area (Å²) in [6, 6.07) is 10.4. The largest absolute Gasteiger partial charge is 0.370 e. The third-order valence-electron chi connectivity index (χ3n) is 3.65. The van der Waals surface area contributed by atoms with Gasteiger partial charge in [-0.3, -0.25) is 4.68 Å². The lowest BCUT2D eigenvalue weighted by Crippen LogP contribution is -2.42. The Morgan fingerprint density at radius 1 is 1.22 bits per heavy atom. The highest BCUT2D eigenvalue weighted by molar-refractivity contribution is 14.0. The Morgan fingerprint density at radius 2 is 2.00 bits per heavy atom. The van der Waals surface area contributed by atoms with E-state index in [2.05, 4.69) is 39.3 Å². The van der Waals surface area contributed by atoms with E-state index in [0.717, 1.165) is 31.1 Å². The van der Waals surface area contributed by atoms with E-state index < -0.39 is 0 Å². The molecule has 1 aliphatic rings. The summed E-state index contributed by atoms with van der Waals surface area (Å²) in [5, 5.41) is 4.24. The van der Waals surface area contributed by atoms with Gasteiger partial charge in [-0.05, 0) is 17.2 Å². The van der Waals surface area contributed by atoms with Gasteiger partial charge in [-0.2, -0.15) is 16.9 Å². The summed E-state index contributed by atoms with van der Waals surface area (Å²) in [4.78, 5) is 6.72. The lowest BCUT2D eigenvalue weighted by Gasteiger charge is -2.27. The summed E-state index contributed by atoms with van der Waals surface area (Å²) in [7, 11) is 0. The number of thioether (sulfide) groups is 1. The number of halogens is 1. The normalized spacial score (nSPS) is 15.3. The molecule has 0 bridgehead atoms. The third kappa shape index (κ3) is 5.42. The molecule has 1 aromatic carbocycles. The first-order chi connectivity index (χ1) is 10.8. The number of nitrogens with zero attached hydrogens (tertiary/aromatic N) is 4. The molecule has 124 valence electrons. The van der Waals surface area contributed by atoms with Gasteiger partial charge < -0.3 is 10.6 Å². The van der Waals surface area contributed by atoms with Crippen molar-refractivity contribution in [1.82, 2.24) is 14.7 Å². The molecule has 23 heavy (non-hydrogen) atoms. The van der Waals surface area contributed by atoms with Crippen molar-refractivity contribution in [2.45, 2.75) is 13.1 Å². The first-order valence-corrected chi connectivity index (χ1v) is 8.64. The second-order valence-corrected chi connectivity index (χ2v) is 6.52. The molecule has 2 N–H and O–H groups in total. The van der Waals surface area contributed by atoms with Gasteiger partial charge in [0.2, 0.25) is 0 Å². The quantitative estimate of drug-likeness (QED) is 0.448. The Labute approximate surface area is 158 Å². The fourth-order valence-corrected chi connectivity index (χ4v) is 3.38. The molecule has 0 radical (unpaired) electrons. The molecule has 1 fully saturated rings. The maximum atomic E-state index is 6.10. The molecular formula is C16H22IN5S. The minimum atomic E-state index is 0. The molecule has 1 aliphatic heterocycles. The van der Waals surface area contributed by atoms with Crippen LogP contribution in [0.4, 0.5) is 0 Å². The minimum Gasteiger partial charge on any atom is -0.370 e. The Bertz CT molecular complexity index is 623. The molecule has 0 aliphatic carbocycles. The van der Waals surface area contributed by atoms with E-state index in [9.17, 15) is 0 Å². The van der Waals surface area contributed by atoms with Gasteiger partial charge in [0.05, 0.1) is 13.1 Å². The fourth-order valence-electron chi connectivity index (χ4n) is 2.47. The Morgan fingerprint density at radius 3 is 2.74 bits per heavy atom. The zero-order chi connectivity index (χ0) is 15.2. The predicted octanol–water partition coefficient (Wildman–Crippen LogP) is 2.41. The van der Waals surface area contributed by atoms with Crippen LogP contribution in [0, 0.1) is 0 Å². The molecule has 1 aromatic heterocycles. The summed E-state index contributed by atoms with van der Waals surface area (Å²) in [5.74, 6) is 2.93. The monoisotopic (exact) mass is 443 g/mol. The standard InChI is InChI=1S/C16H21N5S.HI/c17-16(20-7-9-22-10-8-20)18-12-14-3-1-4-15(11-14)13-21-6-2-5-19-21;/h1-6,11H,7-10,12-13H2,(H2,17,18);1H. The lowest BCUT2D eigenvalue weighted by atomic mass is 10.1. The van der Waals surface area contributed by atoms with Crippen LogP contribution in [0.25, 0.3) is 0 Å². The van der Waals surface area contributed by atoms with E-state index in [1.54, 1.807) is 6.20 Å². The fraction of sp³-hybridized carbons (Fsp3) is 0.375. The van der Waals surface area contributed by atoms with Gasteiger partial charge in [0.25, 0.3) is 0 Å². The van der Waals surface area contributed by atoms with E-state index in [1.165, 1.54) is 11.1 Å². The molecule has 0 saturated carbocycles. The van der Waals surface area contributed by atoms with Crippen LogP contribution in [-0.4, -0.2) is 45.2 Å². The van der Waals surface area contributed by atoms with E-state index in [0.29, 0.717) is 12.5 Å². The van der Waals surface area contributed by atoms with Crippen molar-refractivity contribution in [2.75, 3.05) is 24.6 Å². The number of nitrogens with two attached hydrogens (primary N) is 1. The molecular weight excluding hydrogens is 421 g/mol. The van der Waals surface area contributed by atoms with Crippen LogP contribution in [-0.2, 0) is 13.1 Å². The smallest absolute Gasteiger partial charge is 0.191 e. The number of rotatable bonds is 4. The molecule has 5 nitrogen and oxygen atoms in total. The predicted molar refractivity (Wildman–Crippen MR) is 107 cm³/mol. The molecule has 3 rings (SSSR count). The van der Waals surface area contributed by atoms with Crippen molar-refractivity contribution in [1.29, 1.82) is 0 Å². The van der Waals surface area contributed by atoms with Crippen LogP contribution in [0.5, 0.6) is 0 Å². The second kappa shape index (κ2) is 9.17. The van der Waals surface area contributed by atoms with Crippen LogP contribution in [0.2, 0.25) is 0 Å². The zero-order valence-electron chi connectivity index (χ0n) is 13.0. The van der Waals surface area contributed by atoms with Crippen LogP contribution in [0.15, 0.2) is 47.7 Å². The van der Waals surface area contributed by atoms with Gasteiger partial charge >= 0.3 is 0 Å². The van der Waals surface area contributed by atoms with Gasteiger partial charge in [0.15, 0.2) is 5.96 Å². The zero-order valence-corrected chi connectivity index (χ0v) is 16.1. The van der Waals surface area contributed by atoms with Gasteiger partial charge in [0.1, 0.15) is 0 Å². The summed E-state index contributed by atoms with van der Waals surface area (Å²) in [6.45, 7) is 3.41. The Hall–Kier alpha value is -1.22. The van der Waals surface area contributed by atoms with Crippen LogP contribution < -0.4 is 5.73 Å². The molecule has 2 aromatic rings. The average Bonchev–Trinajstić information content (AvgIpc) is 3.07. The summed E-state index contributed by atoms with van der Waals surface area (Å²) >= 11 is 1.97. The topological polar surface area (TPSA) is 59.4 Å². The van der Waals surface area contributed by atoms with Crippen molar-refractivity contribution < 1.29 is 0 Å². The van der Waals surface area contributed by atoms with Crippen LogP contribution in [0.1, 0.15) is 11.1 Å². The van der Waals surface area contributed by atoms with Crippen molar-refractivity contribution in [3.8, 4) is 0 Å². The molecule has 0 spiro atoms. The van der Waals surface area contributed by atoms with Crippen molar-refractivity contribution in [3.63, 3.8) is 0 Å². The highest BCUT2D eigenvalue weighted by atomic mass is 127. The van der Waals surface area contributed by atoms with Crippen LogP contribution in [0.3, 0.4) is 0 Å². The van der Waals surface area contributed by atoms with Gasteiger partial charge in [-0.25, -0.2) is 4.99 Å². The van der Waals surface area contributed by atoms with Crippen molar-refractivity contribution in [2.24, 2.45) is 10.7 Å². The van der Waals surface area contributed by atoms with Crippen LogP contribution >= 0.6 is 35.7 Å². The van der Waals surface area contributed by atoms with Crippen molar-refractivity contribution >= 4 is 41.7 Å². The summed E-state index contributed by atoms with van der Waals surface area (Å²) in [5.41, 5.74) is 8.50.